The van der Waals surface area contributed by atoms with Gasteiger partial charge in [-0.15, -0.1) is 0 Å². The summed E-state index contributed by atoms with van der Waals surface area (Å²) in [6, 6.07) is 16.6. The first-order valence-electron chi connectivity index (χ1n) is 18.9. The Bertz CT molecular complexity index is 2010. The van der Waals surface area contributed by atoms with Crippen molar-refractivity contribution < 1.29 is 37.3 Å². The minimum atomic E-state index is -4.64. The zero-order valence-electron chi connectivity index (χ0n) is 31.3. The van der Waals surface area contributed by atoms with Crippen LogP contribution in [0.15, 0.2) is 67.0 Å². The Morgan fingerprint density at radius 1 is 0.891 bits per heavy atom. The number of nitrogens with zero attached hydrogens (tertiary/aromatic N) is 4. The minimum absolute atomic E-state index is 0.0486. The highest BCUT2D eigenvalue weighted by Crippen LogP contribution is 2.44. The van der Waals surface area contributed by atoms with Gasteiger partial charge in [0.1, 0.15) is 48.1 Å². The van der Waals surface area contributed by atoms with E-state index in [1.54, 1.807) is 43.5 Å². The number of halogens is 3. The van der Waals surface area contributed by atoms with Crippen LogP contribution < -0.4 is 14.2 Å². The van der Waals surface area contributed by atoms with Crippen molar-refractivity contribution in [3.63, 3.8) is 0 Å². The van der Waals surface area contributed by atoms with Gasteiger partial charge in [-0.2, -0.15) is 18.4 Å². The lowest BCUT2D eigenvalue weighted by Crippen LogP contribution is -2.44. The molecule has 2 aliphatic rings. The number of aryl methyl sites for hydroxylation is 1. The zero-order valence-corrected chi connectivity index (χ0v) is 31.3. The molecular weight excluding hydrogens is 709 g/mol. The number of piperidine rings is 1. The van der Waals surface area contributed by atoms with E-state index in [4.69, 9.17) is 14.2 Å². The maximum atomic E-state index is 14.7. The highest BCUT2D eigenvalue weighted by molar-refractivity contribution is 5.75. The topological polar surface area (TPSA) is 108 Å². The van der Waals surface area contributed by atoms with Crippen molar-refractivity contribution in [1.29, 1.82) is 5.26 Å². The van der Waals surface area contributed by atoms with E-state index in [2.05, 4.69) is 16.0 Å². The van der Waals surface area contributed by atoms with Crippen LogP contribution in [0.4, 0.5) is 13.2 Å². The summed E-state index contributed by atoms with van der Waals surface area (Å²) < 4.78 is 62.6. The number of aromatic nitrogens is 1. The summed E-state index contributed by atoms with van der Waals surface area (Å²) >= 11 is 0. The summed E-state index contributed by atoms with van der Waals surface area (Å²) in [7, 11) is 0. The molecule has 1 N–H and O–H groups in total. The summed E-state index contributed by atoms with van der Waals surface area (Å²) in [6.07, 6.45) is 3.71. The first-order valence-corrected chi connectivity index (χ1v) is 18.9. The van der Waals surface area contributed by atoms with Gasteiger partial charge in [-0.3, -0.25) is 14.7 Å². The van der Waals surface area contributed by atoms with Crippen LogP contribution in [0, 0.1) is 25.2 Å². The third-order valence-corrected chi connectivity index (χ3v) is 10.5. The minimum Gasteiger partial charge on any atom is -0.493 e. The molecule has 3 aromatic carbocycles. The van der Waals surface area contributed by atoms with Gasteiger partial charge in [0.25, 0.3) is 0 Å². The first-order chi connectivity index (χ1) is 26.5. The molecule has 2 saturated heterocycles. The van der Waals surface area contributed by atoms with Crippen LogP contribution in [-0.2, 0) is 30.7 Å². The Morgan fingerprint density at radius 3 is 2.40 bits per heavy atom. The van der Waals surface area contributed by atoms with Crippen molar-refractivity contribution in [3.8, 4) is 34.4 Å². The molecule has 4 aromatic rings. The number of ether oxygens (including phenoxy) is 3. The van der Waals surface area contributed by atoms with Gasteiger partial charge >= 0.3 is 12.1 Å². The molecule has 0 saturated carbocycles. The Kier molecular flexibility index (Phi) is 13.0. The molecule has 2 fully saturated rings. The van der Waals surface area contributed by atoms with Gasteiger partial charge in [-0.25, -0.2) is 0 Å². The van der Waals surface area contributed by atoms with E-state index in [0.29, 0.717) is 65.2 Å². The zero-order chi connectivity index (χ0) is 39.0. The molecule has 0 radical (unpaired) electrons. The molecular formula is C43H47F3N4O5. The van der Waals surface area contributed by atoms with E-state index in [0.717, 1.165) is 56.4 Å². The monoisotopic (exact) mass is 756 g/mol. The van der Waals surface area contributed by atoms with Crippen molar-refractivity contribution in [2.24, 2.45) is 0 Å². The van der Waals surface area contributed by atoms with Gasteiger partial charge in [0.05, 0.1) is 12.2 Å². The summed E-state index contributed by atoms with van der Waals surface area (Å²) in [6.45, 7) is 7.91. The molecule has 6 rings (SSSR count). The number of benzene rings is 3. The SMILES string of the molecule is Cc1cc(CN2CCCCC2C(=O)O)c(OCc2cncc(C#N)c2)cc1OCc1cccc(-c2cccc(OCCCN3CCCC3)c2C(F)(F)F)c1C. The van der Waals surface area contributed by atoms with Crippen molar-refractivity contribution in [1.82, 2.24) is 14.8 Å². The number of carboxylic acid groups (broad SMARTS) is 1. The van der Waals surface area contributed by atoms with Crippen LogP contribution in [0.5, 0.6) is 17.2 Å². The Balaban J connectivity index is 1.24. The molecule has 290 valence electrons. The fourth-order valence-electron chi connectivity index (χ4n) is 7.54. The number of pyridine rings is 1. The molecule has 1 atom stereocenters. The molecule has 0 bridgehead atoms. The Hall–Kier alpha value is -5.12. The molecule has 9 nitrogen and oxygen atoms in total. The lowest BCUT2D eigenvalue weighted by molar-refractivity contribution is -0.145. The summed E-state index contributed by atoms with van der Waals surface area (Å²) in [4.78, 5) is 20.5. The molecule has 12 heteroatoms. The number of rotatable bonds is 15. The van der Waals surface area contributed by atoms with Gasteiger partial charge in [0.2, 0.25) is 0 Å². The maximum absolute atomic E-state index is 14.7. The highest BCUT2D eigenvalue weighted by Gasteiger charge is 2.38. The summed E-state index contributed by atoms with van der Waals surface area (Å²) in [5.41, 5.74) is 3.74. The fourth-order valence-corrected chi connectivity index (χ4v) is 7.54. The van der Waals surface area contributed by atoms with Crippen LogP contribution in [0.2, 0.25) is 0 Å². The highest BCUT2D eigenvalue weighted by atomic mass is 19.4. The Morgan fingerprint density at radius 2 is 1.64 bits per heavy atom. The molecule has 0 aliphatic carbocycles. The number of carbonyl (C=O) groups is 1. The molecule has 3 heterocycles. The van der Waals surface area contributed by atoms with Crippen LogP contribution >= 0.6 is 0 Å². The number of hydrogen-bond donors (Lipinski definition) is 1. The van der Waals surface area contributed by atoms with E-state index in [1.807, 2.05) is 24.0 Å². The molecule has 0 spiro atoms. The second-order valence-electron chi connectivity index (χ2n) is 14.3. The number of hydrogen-bond acceptors (Lipinski definition) is 8. The van der Waals surface area contributed by atoms with Crippen LogP contribution in [-0.4, -0.2) is 64.7 Å². The predicted octanol–water partition coefficient (Wildman–Crippen LogP) is 8.72. The third-order valence-electron chi connectivity index (χ3n) is 10.5. The van der Waals surface area contributed by atoms with Crippen molar-refractivity contribution >= 4 is 5.97 Å². The first kappa shape index (κ1) is 39.6. The van der Waals surface area contributed by atoms with Crippen LogP contribution in [0.25, 0.3) is 11.1 Å². The second kappa shape index (κ2) is 18.0. The van der Waals surface area contributed by atoms with Crippen LogP contribution in [0.1, 0.15) is 77.5 Å². The van der Waals surface area contributed by atoms with E-state index in [-0.39, 0.29) is 31.1 Å². The number of carboxylic acids is 1. The van der Waals surface area contributed by atoms with Crippen molar-refractivity contribution in [3.05, 3.63) is 106 Å². The normalized spacial score (nSPS) is 16.5. The van der Waals surface area contributed by atoms with Gasteiger partial charge in [0, 0.05) is 42.7 Å². The second-order valence-corrected chi connectivity index (χ2v) is 14.3. The number of alkyl halides is 3. The number of likely N-dealkylation sites (tertiary alicyclic amines) is 2. The van der Waals surface area contributed by atoms with Gasteiger partial charge in [0.15, 0.2) is 0 Å². The van der Waals surface area contributed by atoms with Crippen LogP contribution in [0.3, 0.4) is 0 Å². The maximum Gasteiger partial charge on any atom is 0.420 e. The smallest absolute Gasteiger partial charge is 0.420 e. The molecule has 1 unspecified atom stereocenters. The number of aliphatic carboxylic acids is 1. The largest absolute Gasteiger partial charge is 0.493 e. The lowest BCUT2D eigenvalue weighted by Gasteiger charge is -2.33. The van der Waals surface area contributed by atoms with Crippen molar-refractivity contribution in [2.45, 2.75) is 84.3 Å². The average Bonchev–Trinajstić information content (AvgIpc) is 3.70. The lowest BCUT2D eigenvalue weighted by atomic mass is 9.92. The van der Waals surface area contributed by atoms with Gasteiger partial charge in [-0.1, -0.05) is 36.8 Å². The van der Waals surface area contributed by atoms with E-state index >= 15 is 0 Å². The predicted molar refractivity (Wildman–Crippen MR) is 202 cm³/mol. The quantitative estimate of drug-likeness (QED) is 0.119. The summed E-state index contributed by atoms with van der Waals surface area (Å²) in [5, 5.41) is 19.2. The molecule has 55 heavy (non-hydrogen) atoms. The molecule has 0 amide bonds. The number of nitriles is 1. The molecule has 2 aliphatic heterocycles. The van der Waals surface area contributed by atoms with Gasteiger partial charge in [-0.05, 0) is 112 Å². The van der Waals surface area contributed by atoms with Gasteiger partial charge < -0.3 is 24.2 Å². The molecule has 1 aromatic heterocycles. The fraction of sp³-hybridized carbons (Fsp3) is 0.419. The van der Waals surface area contributed by atoms with E-state index < -0.39 is 23.8 Å². The van der Waals surface area contributed by atoms with E-state index in [9.17, 15) is 28.3 Å². The standard InChI is InChI=1S/C43H47F3N4O5/c1-29-20-34(26-50-18-4-3-13-37(50)42(51)52)40(54-27-32-21-31(23-47)24-48-25-32)22-39(29)55-28-33-10-7-11-35(30(33)2)36-12-8-14-38(41(36)43(44,45)46)53-19-9-17-49-15-5-6-16-49/h7-8,10-12,14,20-22,24-25,37H,3-6,9,13,15-19,26-28H2,1-2H3,(H,51,52). The van der Waals surface area contributed by atoms with Crippen molar-refractivity contribution in [2.75, 3.05) is 32.8 Å². The summed E-state index contributed by atoms with van der Waals surface area (Å²) in [5.74, 6) is -0.0214. The third kappa shape index (κ3) is 9.96. The average molecular weight is 757 g/mol. The Labute approximate surface area is 320 Å². The van der Waals surface area contributed by atoms with E-state index in [1.165, 1.54) is 18.3 Å².